The van der Waals surface area contributed by atoms with Crippen LogP contribution in [0.2, 0.25) is 0 Å². The van der Waals surface area contributed by atoms with Gasteiger partial charge in [0.05, 0.1) is 16.7 Å². The van der Waals surface area contributed by atoms with Crippen LogP contribution >= 0.6 is 0 Å². The van der Waals surface area contributed by atoms with Crippen molar-refractivity contribution in [3.63, 3.8) is 0 Å². The van der Waals surface area contributed by atoms with E-state index >= 15 is 0 Å². The number of hydrogen-bond acceptors (Lipinski definition) is 4. The van der Waals surface area contributed by atoms with Crippen LogP contribution in [0.4, 0.5) is 0 Å². The summed E-state index contributed by atoms with van der Waals surface area (Å²) in [5, 5.41) is 2.94. The van der Waals surface area contributed by atoms with E-state index in [2.05, 4.69) is 57.9 Å². The maximum Gasteiger partial charge on any atom is 2.00 e. The van der Waals surface area contributed by atoms with E-state index in [4.69, 9.17) is 14.7 Å². The van der Waals surface area contributed by atoms with E-state index < -0.39 is 0 Å². The Morgan fingerprint density at radius 1 is 0.610 bits per heavy atom. The van der Waals surface area contributed by atoms with E-state index in [1.54, 1.807) is 0 Å². The van der Waals surface area contributed by atoms with E-state index in [-0.39, 0.29) is 20.4 Å². The van der Waals surface area contributed by atoms with Crippen molar-refractivity contribution < 1.29 is 25.2 Å². The summed E-state index contributed by atoms with van der Waals surface area (Å²) in [5.74, 6) is 1.18. The number of fused-ring (bicyclic) bond motifs is 8. The van der Waals surface area contributed by atoms with Crippen LogP contribution in [0, 0.1) is 12.1 Å². The third-order valence-corrected chi connectivity index (χ3v) is 7.12. The molecule has 4 aromatic carbocycles. The normalized spacial score (nSPS) is 11.2. The first-order valence-corrected chi connectivity index (χ1v) is 13.0. The molecule has 0 fully saturated rings. The minimum Gasteiger partial charge on any atom is -0.497 e. The smallest absolute Gasteiger partial charge is 0.497 e. The van der Waals surface area contributed by atoms with Gasteiger partial charge in [-0.1, -0.05) is 83.6 Å². The van der Waals surface area contributed by atoms with Gasteiger partial charge in [0, 0.05) is 23.9 Å². The van der Waals surface area contributed by atoms with E-state index in [0.29, 0.717) is 11.5 Å². The zero-order valence-electron chi connectivity index (χ0n) is 21.6. The molecule has 0 unspecified atom stereocenters. The Balaban J connectivity index is 0.00000276. The first-order chi connectivity index (χ1) is 19.8. The summed E-state index contributed by atoms with van der Waals surface area (Å²) in [6, 6.07) is 43.2. The Morgan fingerprint density at radius 3 is 2.39 bits per heavy atom. The van der Waals surface area contributed by atoms with Gasteiger partial charge in [0.15, 0.2) is 0 Å². The van der Waals surface area contributed by atoms with Crippen LogP contribution in [0.25, 0.3) is 60.9 Å². The van der Waals surface area contributed by atoms with Crippen LogP contribution in [-0.4, -0.2) is 19.4 Å². The molecule has 6 heteroatoms. The van der Waals surface area contributed by atoms with Crippen molar-refractivity contribution in [3.8, 4) is 33.9 Å². The minimum atomic E-state index is 0. The number of pyridine rings is 3. The zero-order valence-corrected chi connectivity index (χ0v) is 23.1. The van der Waals surface area contributed by atoms with Crippen LogP contribution in [0.5, 0.6) is 11.5 Å². The second-order valence-corrected chi connectivity index (χ2v) is 9.57. The van der Waals surface area contributed by atoms with Crippen molar-refractivity contribution >= 4 is 38.5 Å². The van der Waals surface area contributed by atoms with E-state index in [9.17, 15) is 0 Å². The van der Waals surface area contributed by atoms with Crippen LogP contribution in [-0.2, 0) is 20.4 Å². The van der Waals surface area contributed by atoms with Crippen molar-refractivity contribution in [2.45, 2.75) is 0 Å². The Hall–Kier alpha value is -4.89. The third-order valence-electron chi connectivity index (χ3n) is 7.12. The van der Waals surface area contributed by atoms with Crippen molar-refractivity contribution in [1.82, 2.24) is 19.4 Å². The number of hydrogen-bond donors (Lipinski definition) is 0. The Labute approximate surface area is 249 Å². The summed E-state index contributed by atoms with van der Waals surface area (Å²) in [4.78, 5) is 14.2. The molecule has 0 aliphatic heterocycles. The van der Waals surface area contributed by atoms with Crippen LogP contribution in [0.15, 0.2) is 122 Å². The first-order valence-electron chi connectivity index (χ1n) is 13.0. The molecule has 196 valence electrons. The number of ether oxygens (including phenoxy) is 1. The Morgan fingerprint density at radius 2 is 1.46 bits per heavy atom. The first kappa shape index (κ1) is 25.1. The minimum absolute atomic E-state index is 0. The molecule has 0 saturated heterocycles. The predicted octanol–water partition coefficient (Wildman–Crippen LogP) is 8.31. The molecule has 0 spiro atoms. The number of imidazole rings is 1. The van der Waals surface area contributed by atoms with E-state index in [1.165, 1.54) is 0 Å². The fourth-order valence-electron chi connectivity index (χ4n) is 5.29. The summed E-state index contributed by atoms with van der Waals surface area (Å²) in [7, 11) is 0. The standard InChI is InChI=1S/C35H20N4O.Pd/c1-2-8-23(9-3-1)24-17-19-36-32(21-24)25-10-6-11-26(20-25)40-27-15-16-28-29-12-7-18-37-34(29)39-33-14-5-4-13-31(33)38-35(39)30(28)22-27;/h1-19,21H;/q-2;+2. The van der Waals surface area contributed by atoms with Crippen molar-refractivity contribution in [1.29, 1.82) is 0 Å². The summed E-state index contributed by atoms with van der Waals surface area (Å²) in [6.07, 6.45) is 3.64. The molecule has 0 radical (unpaired) electrons. The number of nitrogens with zero attached hydrogens (tertiary/aromatic N) is 4. The quantitative estimate of drug-likeness (QED) is 0.113. The van der Waals surface area contributed by atoms with Crippen LogP contribution < -0.4 is 4.74 Å². The Bertz CT molecular complexity index is 2210. The molecule has 41 heavy (non-hydrogen) atoms. The van der Waals surface area contributed by atoms with Crippen LogP contribution in [0.3, 0.4) is 0 Å². The fourth-order valence-corrected chi connectivity index (χ4v) is 5.29. The number of rotatable bonds is 4. The maximum absolute atomic E-state index is 6.31. The molecule has 4 heterocycles. The summed E-state index contributed by atoms with van der Waals surface area (Å²) in [5.41, 5.74) is 7.52. The summed E-state index contributed by atoms with van der Waals surface area (Å²) >= 11 is 0. The van der Waals surface area contributed by atoms with E-state index in [0.717, 1.165) is 60.9 Å². The monoisotopic (exact) mass is 618 g/mol. The molecule has 5 nitrogen and oxygen atoms in total. The number of para-hydroxylation sites is 2. The molecular weight excluding hydrogens is 599 g/mol. The number of aromatic nitrogens is 4. The second kappa shape index (κ2) is 10.3. The van der Waals surface area contributed by atoms with Gasteiger partial charge in [-0.3, -0.25) is 4.98 Å². The largest absolute Gasteiger partial charge is 2.00 e. The van der Waals surface area contributed by atoms with Gasteiger partial charge >= 0.3 is 20.4 Å². The second-order valence-electron chi connectivity index (χ2n) is 9.57. The molecule has 0 N–H and O–H groups in total. The van der Waals surface area contributed by atoms with Gasteiger partial charge in [-0.15, -0.1) is 29.8 Å². The third kappa shape index (κ3) is 4.35. The van der Waals surface area contributed by atoms with Crippen LogP contribution in [0.1, 0.15) is 0 Å². The van der Waals surface area contributed by atoms with Gasteiger partial charge in [-0.2, -0.15) is 0 Å². The zero-order chi connectivity index (χ0) is 26.5. The molecule has 8 rings (SSSR count). The van der Waals surface area contributed by atoms with Crippen molar-refractivity contribution in [2.75, 3.05) is 0 Å². The maximum atomic E-state index is 6.31. The SMILES string of the molecule is [Pd+2].[c-]1c(Oc2[c-]c3c(cc2)c2cccnc2n2c4ccccc4nc32)cccc1-c1cc(-c2ccccc2)ccn1. The molecule has 0 saturated carbocycles. The molecule has 0 aliphatic rings. The Kier molecular flexibility index (Phi) is 6.28. The van der Waals surface area contributed by atoms with E-state index in [1.807, 2.05) is 85.2 Å². The van der Waals surface area contributed by atoms with Gasteiger partial charge in [0.2, 0.25) is 0 Å². The van der Waals surface area contributed by atoms with Crippen molar-refractivity contribution in [3.05, 3.63) is 134 Å². The number of benzene rings is 4. The van der Waals surface area contributed by atoms with Gasteiger partial charge in [0.1, 0.15) is 5.65 Å². The van der Waals surface area contributed by atoms with Gasteiger partial charge in [0.25, 0.3) is 0 Å². The molecule has 0 bridgehead atoms. The topological polar surface area (TPSA) is 52.3 Å². The molecule has 4 aromatic heterocycles. The van der Waals surface area contributed by atoms with Gasteiger partial charge < -0.3 is 14.1 Å². The summed E-state index contributed by atoms with van der Waals surface area (Å²) < 4.78 is 8.41. The van der Waals surface area contributed by atoms with Crippen molar-refractivity contribution in [2.24, 2.45) is 0 Å². The average Bonchev–Trinajstić information content (AvgIpc) is 3.42. The van der Waals surface area contributed by atoms with Gasteiger partial charge in [-0.05, 0) is 46.5 Å². The predicted molar refractivity (Wildman–Crippen MR) is 158 cm³/mol. The molecule has 0 amide bonds. The molecule has 8 aromatic rings. The summed E-state index contributed by atoms with van der Waals surface area (Å²) in [6.45, 7) is 0. The molecular formula is C35H20N4OPd. The molecule has 0 atom stereocenters. The molecule has 0 aliphatic carbocycles. The van der Waals surface area contributed by atoms with Gasteiger partial charge in [-0.25, -0.2) is 4.98 Å². The fraction of sp³-hybridized carbons (Fsp3) is 0. The average molecular weight is 619 g/mol.